The summed E-state index contributed by atoms with van der Waals surface area (Å²) in [6, 6.07) is 9.16. The highest BCUT2D eigenvalue weighted by molar-refractivity contribution is 5.67. The molecule has 1 aliphatic carbocycles. The van der Waals surface area contributed by atoms with E-state index in [9.17, 15) is 15.0 Å². The summed E-state index contributed by atoms with van der Waals surface area (Å²) in [5.74, 6) is 0. The SMILES string of the molecule is O=C(NC1C[C@H](O)[C@@H](O)C1)OCc1ccccc1. The summed E-state index contributed by atoms with van der Waals surface area (Å²) in [7, 11) is 0. The minimum Gasteiger partial charge on any atom is -0.445 e. The van der Waals surface area contributed by atoms with Gasteiger partial charge in [0.25, 0.3) is 0 Å². The van der Waals surface area contributed by atoms with Gasteiger partial charge in [0.2, 0.25) is 0 Å². The van der Waals surface area contributed by atoms with Crippen LogP contribution in [0.2, 0.25) is 0 Å². The first-order valence-electron chi connectivity index (χ1n) is 5.98. The number of amides is 1. The molecular weight excluding hydrogens is 234 g/mol. The Hall–Kier alpha value is -1.59. The number of ether oxygens (including phenoxy) is 1. The van der Waals surface area contributed by atoms with Crippen LogP contribution in [0.5, 0.6) is 0 Å². The highest BCUT2D eigenvalue weighted by Gasteiger charge is 2.32. The second kappa shape index (κ2) is 5.84. The lowest BCUT2D eigenvalue weighted by molar-refractivity contribution is 0.0438. The average molecular weight is 251 g/mol. The zero-order valence-corrected chi connectivity index (χ0v) is 9.95. The smallest absolute Gasteiger partial charge is 0.407 e. The molecule has 1 aromatic carbocycles. The summed E-state index contributed by atoms with van der Waals surface area (Å²) in [5, 5.41) is 21.3. The molecule has 0 heterocycles. The quantitative estimate of drug-likeness (QED) is 0.742. The van der Waals surface area contributed by atoms with Gasteiger partial charge in [-0.2, -0.15) is 0 Å². The van der Waals surface area contributed by atoms with E-state index in [0.29, 0.717) is 12.8 Å². The fourth-order valence-corrected chi connectivity index (χ4v) is 2.04. The number of hydrogen-bond donors (Lipinski definition) is 3. The van der Waals surface area contributed by atoms with Crippen molar-refractivity contribution >= 4 is 6.09 Å². The first-order chi connectivity index (χ1) is 8.65. The lowest BCUT2D eigenvalue weighted by atomic mass is 10.2. The van der Waals surface area contributed by atoms with Crippen LogP contribution in [0.25, 0.3) is 0 Å². The van der Waals surface area contributed by atoms with Crippen LogP contribution in [0.4, 0.5) is 4.79 Å². The van der Waals surface area contributed by atoms with Gasteiger partial charge in [0.15, 0.2) is 0 Å². The average Bonchev–Trinajstić information content (AvgIpc) is 2.67. The molecule has 0 unspecified atom stereocenters. The van der Waals surface area contributed by atoms with Gasteiger partial charge < -0.3 is 20.3 Å². The molecule has 1 fully saturated rings. The van der Waals surface area contributed by atoms with E-state index in [4.69, 9.17) is 4.74 Å². The molecule has 1 saturated carbocycles. The molecule has 0 saturated heterocycles. The number of carbonyl (C=O) groups is 1. The maximum absolute atomic E-state index is 11.5. The second-order valence-electron chi connectivity index (χ2n) is 4.51. The molecule has 98 valence electrons. The van der Waals surface area contributed by atoms with Crippen molar-refractivity contribution < 1.29 is 19.7 Å². The Labute approximate surface area is 105 Å². The highest BCUT2D eigenvalue weighted by Crippen LogP contribution is 2.19. The predicted molar refractivity (Wildman–Crippen MR) is 64.8 cm³/mol. The summed E-state index contributed by atoms with van der Waals surface area (Å²) in [6.45, 7) is 0.213. The van der Waals surface area contributed by atoms with Gasteiger partial charge in [-0.1, -0.05) is 30.3 Å². The molecule has 18 heavy (non-hydrogen) atoms. The Morgan fingerprint density at radius 3 is 2.44 bits per heavy atom. The van der Waals surface area contributed by atoms with Crippen LogP contribution >= 0.6 is 0 Å². The van der Waals surface area contributed by atoms with Gasteiger partial charge in [-0.05, 0) is 18.4 Å². The number of nitrogens with one attached hydrogen (secondary N) is 1. The minimum absolute atomic E-state index is 0.213. The number of alkyl carbamates (subject to hydrolysis) is 1. The van der Waals surface area contributed by atoms with Gasteiger partial charge in [-0.15, -0.1) is 0 Å². The summed E-state index contributed by atoms with van der Waals surface area (Å²) < 4.78 is 5.05. The zero-order chi connectivity index (χ0) is 13.0. The maximum atomic E-state index is 11.5. The molecule has 2 atom stereocenters. The minimum atomic E-state index is -0.760. The Kier molecular flexibility index (Phi) is 4.17. The van der Waals surface area contributed by atoms with E-state index in [1.165, 1.54) is 0 Å². The fourth-order valence-electron chi connectivity index (χ4n) is 2.04. The van der Waals surface area contributed by atoms with Crippen LogP contribution < -0.4 is 5.32 Å². The zero-order valence-electron chi connectivity index (χ0n) is 9.95. The van der Waals surface area contributed by atoms with Crippen molar-refractivity contribution in [2.24, 2.45) is 0 Å². The molecule has 5 heteroatoms. The Balaban J connectivity index is 1.73. The van der Waals surface area contributed by atoms with Crippen molar-refractivity contribution in [3.63, 3.8) is 0 Å². The van der Waals surface area contributed by atoms with Crippen molar-refractivity contribution in [3.8, 4) is 0 Å². The van der Waals surface area contributed by atoms with Crippen LogP contribution in [-0.4, -0.2) is 34.6 Å². The third kappa shape index (κ3) is 3.45. The molecule has 0 radical (unpaired) electrons. The number of rotatable bonds is 3. The van der Waals surface area contributed by atoms with Crippen molar-refractivity contribution in [3.05, 3.63) is 35.9 Å². The normalized spacial score (nSPS) is 23.9. The summed E-state index contributed by atoms with van der Waals surface area (Å²) in [4.78, 5) is 11.5. The van der Waals surface area contributed by atoms with E-state index in [0.717, 1.165) is 5.56 Å². The van der Waals surface area contributed by atoms with Crippen LogP contribution in [0.3, 0.4) is 0 Å². The van der Waals surface area contributed by atoms with Crippen LogP contribution in [0.15, 0.2) is 30.3 Å². The summed E-state index contributed by atoms with van der Waals surface area (Å²) in [5.41, 5.74) is 0.916. The molecule has 1 aromatic rings. The van der Waals surface area contributed by atoms with Crippen molar-refractivity contribution in [2.45, 2.75) is 37.7 Å². The lowest BCUT2D eigenvalue weighted by Crippen LogP contribution is -2.33. The maximum Gasteiger partial charge on any atom is 0.407 e. The summed E-state index contributed by atoms with van der Waals surface area (Å²) >= 11 is 0. The number of benzene rings is 1. The van der Waals surface area contributed by atoms with Gasteiger partial charge >= 0.3 is 6.09 Å². The molecule has 0 aliphatic heterocycles. The Morgan fingerprint density at radius 2 is 1.83 bits per heavy atom. The van der Waals surface area contributed by atoms with Crippen molar-refractivity contribution in [1.29, 1.82) is 0 Å². The second-order valence-corrected chi connectivity index (χ2v) is 4.51. The van der Waals surface area contributed by atoms with Gasteiger partial charge in [-0.25, -0.2) is 4.79 Å². The van der Waals surface area contributed by atoms with Crippen LogP contribution in [-0.2, 0) is 11.3 Å². The van der Waals surface area contributed by atoms with E-state index >= 15 is 0 Å². The predicted octanol–water partition coefficient (Wildman–Crippen LogP) is 0.797. The number of carbonyl (C=O) groups excluding carboxylic acids is 1. The van der Waals surface area contributed by atoms with Gasteiger partial charge in [-0.3, -0.25) is 0 Å². The monoisotopic (exact) mass is 251 g/mol. The van der Waals surface area contributed by atoms with Crippen LogP contribution in [0.1, 0.15) is 18.4 Å². The fraction of sp³-hybridized carbons (Fsp3) is 0.462. The molecule has 3 N–H and O–H groups in total. The van der Waals surface area contributed by atoms with Gasteiger partial charge in [0, 0.05) is 6.04 Å². The standard InChI is InChI=1S/C13H17NO4/c15-11-6-10(7-12(11)16)14-13(17)18-8-9-4-2-1-3-5-9/h1-5,10-12,15-16H,6-8H2,(H,14,17)/t11-,12-/m0/s1. The highest BCUT2D eigenvalue weighted by atomic mass is 16.5. The molecule has 1 aliphatic rings. The van der Waals surface area contributed by atoms with Gasteiger partial charge in [0.1, 0.15) is 6.61 Å². The van der Waals surface area contributed by atoms with E-state index in [1.54, 1.807) is 0 Å². The summed E-state index contributed by atoms with van der Waals surface area (Å²) in [6.07, 6.45) is -1.32. The molecule has 0 bridgehead atoms. The lowest BCUT2D eigenvalue weighted by Gasteiger charge is -2.12. The number of aliphatic hydroxyl groups excluding tert-OH is 2. The third-order valence-corrected chi connectivity index (χ3v) is 3.03. The topological polar surface area (TPSA) is 78.8 Å². The first-order valence-corrected chi connectivity index (χ1v) is 5.98. The Bertz CT molecular complexity index is 385. The van der Waals surface area contributed by atoms with E-state index in [-0.39, 0.29) is 12.6 Å². The third-order valence-electron chi connectivity index (χ3n) is 3.03. The number of aliphatic hydroxyl groups is 2. The van der Waals surface area contributed by atoms with Crippen molar-refractivity contribution in [2.75, 3.05) is 0 Å². The molecule has 2 rings (SSSR count). The molecular formula is C13H17NO4. The van der Waals surface area contributed by atoms with Gasteiger partial charge in [0.05, 0.1) is 12.2 Å². The van der Waals surface area contributed by atoms with E-state index in [2.05, 4.69) is 5.32 Å². The first kappa shape index (κ1) is 12.9. The van der Waals surface area contributed by atoms with E-state index < -0.39 is 18.3 Å². The van der Waals surface area contributed by atoms with Crippen molar-refractivity contribution in [1.82, 2.24) is 5.32 Å². The molecule has 1 amide bonds. The Morgan fingerprint density at radius 1 is 1.22 bits per heavy atom. The van der Waals surface area contributed by atoms with E-state index in [1.807, 2.05) is 30.3 Å². The molecule has 5 nitrogen and oxygen atoms in total. The molecule has 0 spiro atoms. The largest absolute Gasteiger partial charge is 0.445 e. The van der Waals surface area contributed by atoms with Crippen LogP contribution in [0, 0.1) is 0 Å². The molecule has 0 aromatic heterocycles. The number of hydrogen-bond acceptors (Lipinski definition) is 4.